The molecule has 36 heavy (non-hydrogen) atoms. The molecule has 4 aromatic rings. The number of benzene rings is 2. The lowest BCUT2D eigenvalue weighted by atomic mass is 10.1. The third kappa shape index (κ3) is 4.15. The molecule has 0 saturated carbocycles. The molecule has 10 heteroatoms. The molecule has 1 N–H and O–H groups in total. The number of nitrogens with zero attached hydrogens (tertiary/aromatic N) is 6. The zero-order valence-electron chi connectivity index (χ0n) is 19.5. The molecule has 4 heterocycles. The predicted octanol–water partition coefficient (Wildman–Crippen LogP) is 3.73. The molecule has 6 rings (SSSR count). The Morgan fingerprint density at radius 1 is 1.00 bits per heavy atom. The lowest BCUT2D eigenvalue weighted by Crippen LogP contribution is -2.38. The lowest BCUT2D eigenvalue weighted by molar-refractivity contribution is 0.0984. The molecule has 0 spiro atoms. The van der Waals surface area contributed by atoms with Crippen LogP contribution < -0.4 is 15.5 Å². The van der Waals surface area contributed by atoms with Gasteiger partial charge in [-0.1, -0.05) is 41.9 Å². The average molecular weight is 502 g/mol. The van der Waals surface area contributed by atoms with Crippen molar-refractivity contribution in [2.75, 3.05) is 29.4 Å². The van der Waals surface area contributed by atoms with Crippen LogP contribution >= 0.6 is 11.6 Å². The van der Waals surface area contributed by atoms with Crippen molar-refractivity contribution in [1.82, 2.24) is 24.7 Å². The minimum Gasteiger partial charge on any atom is -0.356 e. The number of carbonyl (C=O) groups excluding carboxylic acids is 1. The van der Waals surface area contributed by atoms with E-state index in [1.807, 2.05) is 42.5 Å². The molecular weight excluding hydrogens is 478 g/mol. The standard InChI is InChI=1S/C26H24ClN7O2/c27-19-6-7-22-18(14-19)8-13-33(22)25(35)21-15-23(29-16-28-21)32-11-9-20(10-12-32)34-26(36)30-24(31-34)17-4-2-1-3-5-17/h1-7,14-16,20H,8-13H2,(H,30,31,36). The summed E-state index contributed by atoms with van der Waals surface area (Å²) in [6.07, 6.45) is 3.70. The van der Waals surface area contributed by atoms with Crippen LogP contribution in [0.2, 0.25) is 5.02 Å². The highest BCUT2D eigenvalue weighted by atomic mass is 35.5. The summed E-state index contributed by atoms with van der Waals surface area (Å²) in [4.78, 5) is 41.3. The van der Waals surface area contributed by atoms with Gasteiger partial charge in [0.2, 0.25) is 0 Å². The fourth-order valence-electron chi connectivity index (χ4n) is 5.01. The molecule has 1 amide bonds. The summed E-state index contributed by atoms with van der Waals surface area (Å²) in [6.45, 7) is 1.99. The van der Waals surface area contributed by atoms with E-state index in [4.69, 9.17) is 11.6 Å². The fourth-order valence-corrected chi connectivity index (χ4v) is 5.20. The van der Waals surface area contributed by atoms with Gasteiger partial charge in [0, 0.05) is 42.0 Å². The first kappa shape index (κ1) is 22.5. The molecule has 2 aliphatic heterocycles. The number of anilines is 2. The number of carbonyl (C=O) groups is 1. The van der Waals surface area contributed by atoms with Gasteiger partial charge in [-0.15, -0.1) is 5.10 Å². The monoisotopic (exact) mass is 501 g/mol. The van der Waals surface area contributed by atoms with Crippen LogP contribution in [0.5, 0.6) is 0 Å². The van der Waals surface area contributed by atoms with Gasteiger partial charge in [-0.25, -0.2) is 19.4 Å². The zero-order chi connectivity index (χ0) is 24.6. The summed E-state index contributed by atoms with van der Waals surface area (Å²) in [5.41, 5.74) is 2.99. The Labute approximate surface area is 212 Å². The largest absolute Gasteiger partial charge is 0.356 e. The smallest absolute Gasteiger partial charge is 0.343 e. The van der Waals surface area contributed by atoms with Gasteiger partial charge in [-0.05, 0) is 43.0 Å². The van der Waals surface area contributed by atoms with Crippen LogP contribution in [0.1, 0.15) is 34.9 Å². The van der Waals surface area contributed by atoms with Gasteiger partial charge in [0.25, 0.3) is 5.91 Å². The van der Waals surface area contributed by atoms with Crippen molar-refractivity contribution in [3.63, 3.8) is 0 Å². The first-order valence-corrected chi connectivity index (χ1v) is 12.4. The number of hydrogen-bond donors (Lipinski definition) is 1. The summed E-state index contributed by atoms with van der Waals surface area (Å²) in [7, 11) is 0. The highest BCUT2D eigenvalue weighted by Gasteiger charge is 2.28. The van der Waals surface area contributed by atoms with Crippen LogP contribution in [0, 0.1) is 0 Å². The third-order valence-corrected chi connectivity index (χ3v) is 7.11. The topological polar surface area (TPSA) is 100 Å². The molecule has 0 radical (unpaired) electrons. The van der Waals surface area contributed by atoms with E-state index in [1.54, 1.807) is 21.7 Å². The molecule has 1 fully saturated rings. The summed E-state index contributed by atoms with van der Waals surface area (Å²) in [5.74, 6) is 1.14. The SMILES string of the molecule is O=C(c1cc(N2CCC(n3nc(-c4ccccc4)[nH]c3=O)CC2)ncn1)N1CCc2cc(Cl)ccc21. The van der Waals surface area contributed by atoms with Crippen molar-refractivity contribution >= 4 is 29.0 Å². The Kier molecular flexibility index (Phi) is 5.77. The molecule has 0 unspecified atom stereocenters. The van der Waals surface area contributed by atoms with Crippen LogP contribution in [0.4, 0.5) is 11.5 Å². The highest BCUT2D eigenvalue weighted by Crippen LogP contribution is 2.32. The molecule has 0 aliphatic carbocycles. The van der Waals surface area contributed by atoms with Crippen molar-refractivity contribution in [2.24, 2.45) is 0 Å². The van der Waals surface area contributed by atoms with Crippen molar-refractivity contribution in [2.45, 2.75) is 25.3 Å². The summed E-state index contributed by atoms with van der Waals surface area (Å²) < 4.78 is 1.56. The van der Waals surface area contributed by atoms with Crippen LogP contribution in [0.3, 0.4) is 0 Å². The summed E-state index contributed by atoms with van der Waals surface area (Å²) >= 11 is 6.11. The number of hydrogen-bond acceptors (Lipinski definition) is 6. The van der Waals surface area contributed by atoms with Crippen molar-refractivity contribution < 1.29 is 4.79 Å². The minimum atomic E-state index is -0.200. The van der Waals surface area contributed by atoms with E-state index in [0.717, 1.165) is 36.1 Å². The van der Waals surface area contributed by atoms with Crippen molar-refractivity contribution in [3.05, 3.63) is 87.7 Å². The molecule has 0 bridgehead atoms. The van der Waals surface area contributed by atoms with Gasteiger partial charge in [0.1, 0.15) is 17.8 Å². The maximum atomic E-state index is 13.3. The number of piperidine rings is 1. The Bertz CT molecular complexity index is 1480. The van der Waals surface area contributed by atoms with Crippen molar-refractivity contribution in [1.29, 1.82) is 0 Å². The minimum absolute atomic E-state index is 0.00155. The van der Waals surface area contributed by atoms with Crippen LogP contribution in [-0.2, 0) is 6.42 Å². The lowest BCUT2D eigenvalue weighted by Gasteiger charge is -2.32. The third-order valence-electron chi connectivity index (χ3n) is 6.88. The summed E-state index contributed by atoms with van der Waals surface area (Å²) in [5, 5.41) is 5.22. The van der Waals surface area contributed by atoms with E-state index in [0.29, 0.717) is 42.0 Å². The Hall–Kier alpha value is -3.98. The first-order chi connectivity index (χ1) is 17.6. The second-order valence-electron chi connectivity index (χ2n) is 9.05. The van der Waals surface area contributed by atoms with Gasteiger partial charge in [-0.3, -0.25) is 9.78 Å². The van der Waals surface area contributed by atoms with E-state index < -0.39 is 0 Å². The molecule has 2 aromatic heterocycles. The highest BCUT2D eigenvalue weighted by molar-refractivity contribution is 6.30. The molecule has 2 aliphatic rings. The van der Waals surface area contributed by atoms with E-state index in [9.17, 15) is 9.59 Å². The molecular formula is C26H24ClN7O2. The second-order valence-corrected chi connectivity index (χ2v) is 9.49. The van der Waals surface area contributed by atoms with Crippen molar-refractivity contribution in [3.8, 4) is 11.4 Å². The van der Waals surface area contributed by atoms with E-state index in [2.05, 4.69) is 25.0 Å². The quantitative estimate of drug-likeness (QED) is 0.457. The van der Waals surface area contributed by atoms with Gasteiger partial charge < -0.3 is 9.80 Å². The maximum Gasteiger partial charge on any atom is 0.343 e. The zero-order valence-corrected chi connectivity index (χ0v) is 20.2. The Morgan fingerprint density at radius 3 is 2.61 bits per heavy atom. The molecule has 1 saturated heterocycles. The Morgan fingerprint density at radius 2 is 1.81 bits per heavy atom. The van der Waals surface area contributed by atoms with Crippen LogP contribution in [0.15, 0.2) is 65.7 Å². The number of aromatic amines is 1. The number of amides is 1. The fraction of sp³-hybridized carbons (Fsp3) is 0.269. The van der Waals surface area contributed by atoms with Crippen LogP contribution in [-0.4, -0.2) is 50.3 Å². The molecule has 9 nitrogen and oxygen atoms in total. The van der Waals surface area contributed by atoms with E-state index in [-0.39, 0.29) is 17.6 Å². The molecule has 2 aromatic carbocycles. The number of nitrogens with one attached hydrogen (secondary N) is 1. The predicted molar refractivity (Wildman–Crippen MR) is 138 cm³/mol. The normalized spacial score (nSPS) is 15.8. The molecule has 0 atom stereocenters. The van der Waals surface area contributed by atoms with E-state index in [1.165, 1.54) is 6.33 Å². The maximum absolute atomic E-state index is 13.3. The first-order valence-electron chi connectivity index (χ1n) is 12.0. The summed E-state index contributed by atoms with van der Waals surface area (Å²) in [6, 6.07) is 17.0. The number of H-pyrrole nitrogens is 1. The van der Waals surface area contributed by atoms with Crippen LogP contribution in [0.25, 0.3) is 11.4 Å². The molecule has 182 valence electrons. The number of rotatable bonds is 4. The average Bonchev–Trinajstić information content (AvgIpc) is 3.52. The van der Waals surface area contributed by atoms with Gasteiger partial charge in [0.05, 0.1) is 6.04 Å². The Balaban J connectivity index is 1.15. The number of halogens is 1. The van der Waals surface area contributed by atoms with Gasteiger partial charge in [-0.2, -0.15) is 0 Å². The number of aromatic nitrogens is 5. The van der Waals surface area contributed by atoms with E-state index >= 15 is 0 Å². The van der Waals surface area contributed by atoms with Gasteiger partial charge >= 0.3 is 5.69 Å². The van der Waals surface area contributed by atoms with Gasteiger partial charge in [0.15, 0.2) is 5.82 Å². The number of fused-ring (bicyclic) bond motifs is 1. The second kappa shape index (κ2) is 9.23.